The highest BCUT2D eigenvalue weighted by molar-refractivity contribution is 6.28. The molecule has 2 aromatic carbocycles. The fourth-order valence-corrected chi connectivity index (χ4v) is 5.33. The van der Waals surface area contributed by atoms with E-state index in [1.807, 2.05) is 24.3 Å². The minimum absolute atomic E-state index is 0.143. The number of hydrogen-bond acceptors (Lipinski definition) is 16. The van der Waals surface area contributed by atoms with Gasteiger partial charge in [0.25, 0.3) is 11.1 Å². The van der Waals surface area contributed by atoms with Crippen molar-refractivity contribution in [3.8, 4) is 11.5 Å². The van der Waals surface area contributed by atoms with Crippen molar-refractivity contribution in [2.75, 3.05) is 49.9 Å². The first-order valence-corrected chi connectivity index (χ1v) is 19.4. The summed E-state index contributed by atoms with van der Waals surface area (Å²) in [7, 11) is 0. The summed E-state index contributed by atoms with van der Waals surface area (Å²) < 4.78 is 12.0. The van der Waals surface area contributed by atoms with Gasteiger partial charge in [0.1, 0.15) is 23.7 Å². The molecule has 0 aliphatic carbocycles. The topological polar surface area (TPSA) is 382 Å². The van der Waals surface area contributed by atoms with E-state index in [-0.39, 0.29) is 23.3 Å². The van der Waals surface area contributed by atoms with Gasteiger partial charge in [0.15, 0.2) is 0 Å². The van der Waals surface area contributed by atoms with Crippen molar-refractivity contribution < 1.29 is 68.9 Å². The van der Waals surface area contributed by atoms with E-state index in [2.05, 4.69) is 65.5 Å². The SMILES string of the molecule is O=C(O)C(=O)O.O=C(O)C(=O)O.O=C(O)C(=O)O.O=c1ccnc(NCCCNCC2CCc3ccccc3O2)[nH]1.O=c1ccnc(NCCCNCC2CCc3ccccc3O2)[nH]1. The summed E-state index contributed by atoms with van der Waals surface area (Å²) in [5, 5.41) is 57.4. The van der Waals surface area contributed by atoms with Gasteiger partial charge in [-0.3, -0.25) is 19.6 Å². The molecule has 2 aromatic heterocycles. The molecule has 24 nitrogen and oxygen atoms in total. The molecule has 24 heteroatoms. The predicted molar refractivity (Wildman–Crippen MR) is 226 cm³/mol. The maximum absolute atomic E-state index is 11.1. The summed E-state index contributed by atoms with van der Waals surface area (Å²) in [6.07, 6.45) is 9.64. The second-order valence-corrected chi connectivity index (χ2v) is 13.1. The third-order valence-corrected chi connectivity index (χ3v) is 8.28. The molecular formula is C40H50N8O16. The molecular weight excluding hydrogens is 848 g/mol. The van der Waals surface area contributed by atoms with E-state index in [1.165, 1.54) is 35.7 Å². The number of H-pyrrole nitrogens is 2. The average molecular weight is 899 g/mol. The molecule has 2 atom stereocenters. The van der Waals surface area contributed by atoms with Gasteiger partial charge in [-0.05, 0) is 74.9 Å². The first kappa shape index (κ1) is 52.3. The van der Waals surface area contributed by atoms with Crippen molar-refractivity contribution in [1.82, 2.24) is 30.6 Å². The van der Waals surface area contributed by atoms with Crippen molar-refractivity contribution in [2.24, 2.45) is 0 Å². The van der Waals surface area contributed by atoms with Crippen LogP contribution in [0.25, 0.3) is 0 Å². The van der Waals surface area contributed by atoms with Crippen LogP contribution in [0.4, 0.5) is 11.9 Å². The highest BCUT2D eigenvalue weighted by Crippen LogP contribution is 2.27. The molecule has 4 heterocycles. The number of fused-ring (bicyclic) bond motifs is 2. The summed E-state index contributed by atoms with van der Waals surface area (Å²) >= 11 is 0. The van der Waals surface area contributed by atoms with Crippen LogP contribution in [-0.4, -0.2) is 138 Å². The van der Waals surface area contributed by atoms with Crippen molar-refractivity contribution in [1.29, 1.82) is 0 Å². The lowest BCUT2D eigenvalue weighted by Gasteiger charge is -2.26. The number of carboxylic acid groups (broad SMARTS) is 6. The first-order chi connectivity index (χ1) is 30.5. The molecule has 346 valence electrons. The Balaban J connectivity index is 0.000000320. The van der Waals surface area contributed by atoms with Crippen LogP contribution in [0, 0.1) is 0 Å². The van der Waals surface area contributed by atoms with Crippen molar-refractivity contribution in [3.05, 3.63) is 105 Å². The quantitative estimate of drug-likeness (QED) is 0.0608. The molecule has 0 spiro atoms. The van der Waals surface area contributed by atoms with Crippen LogP contribution in [0.3, 0.4) is 0 Å². The minimum Gasteiger partial charge on any atom is -0.489 e. The molecule has 0 saturated heterocycles. The van der Waals surface area contributed by atoms with Gasteiger partial charge in [-0.1, -0.05) is 36.4 Å². The maximum Gasteiger partial charge on any atom is 0.414 e. The molecule has 12 N–H and O–H groups in total. The lowest BCUT2D eigenvalue weighted by Crippen LogP contribution is -2.35. The highest BCUT2D eigenvalue weighted by atomic mass is 16.5. The number of ether oxygens (including phenoxy) is 2. The van der Waals surface area contributed by atoms with Gasteiger partial charge in [0.05, 0.1) is 0 Å². The van der Waals surface area contributed by atoms with E-state index in [0.717, 1.165) is 89.3 Å². The number of aromatic amines is 2. The number of carboxylic acids is 6. The summed E-state index contributed by atoms with van der Waals surface area (Å²) in [6.45, 7) is 5.02. The minimum atomic E-state index is -1.82. The van der Waals surface area contributed by atoms with Crippen LogP contribution in [-0.2, 0) is 41.6 Å². The molecule has 4 aromatic rings. The monoisotopic (exact) mass is 898 g/mol. The molecule has 0 radical (unpaired) electrons. The molecule has 0 bridgehead atoms. The molecule has 6 rings (SSSR count). The summed E-state index contributed by atoms with van der Waals surface area (Å²) in [4.78, 5) is 90.2. The van der Waals surface area contributed by atoms with Crippen LogP contribution in [0.1, 0.15) is 36.8 Å². The average Bonchev–Trinajstić information content (AvgIpc) is 3.27. The third kappa shape index (κ3) is 22.7. The Morgan fingerprint density at radius 1 is 0.531 bits per heavy atom. The second-order valence-electron chi connectivity index (χ2n) is 13.1. The van der Waals surface area contributed by atoms with Gasteiger partial charge >= 0.3 is 35.8 Å². The number of rotatable bonds is 14. The Labute approximate surface area is 363 Å². The van der Waals surface area contributed by atoms with Gasteiger partial charge in [0.2, 0.25) is 11.9 Å². The number of carbonyl (C=O) groups is 6. The van der Waals surface area contributed by atoms with Gasteiger partial charge < -0.3 is 61.4 Å². The number of aliphatic carboxylic acids is 6. The van der Waals surface area contributed by atoms with E-state index < -0.39 is 35.8 Å². The van der Waals surface area contributed by atoms with Crippen LogP contribution >= 0.6 is 0 Å². The molecule has 0 saturated carbocycles. The number of para-hydroxylation sites is 2. The van der Waals surface area contributed by atoms with Crippen LogP contribution in [0.15, 0.2) is 82.6 Å². The highest BCUT2D eigenvalue weighted by Gasteiger charge is 2.19. The Morgan fingerprint density at radius 2 is 0.875 bits per heavy atom. The number of aryl methyl sites for hydroxylation is 2. The number of anilines is 2. The van der Waals surface area contributed by atoms with Crippen LogP contribution in [0.2, 0.25) is 0 Å². The lowest BCUT2D eigenvalue weighted by atomic mass is 10.0. The summed E-state index contributed by atoms with van der Waals surface area (Å²) in [6, 6.07) is 19.3. The van der Waals surface area contributed by atoms with Crippen molar-refractivity contribution in [2.45, 2.75) is 50.7 Å². The fraction of sp³-hybridized carbons (Fsp3) is 0.350. The van der Waals surface area contributed by atoms with Crippen LogP contribution < -0.4 is 41.9 Å². The molecule has 0 fully saturated rings. The number of benzene rings is 2. The zero-order valence-corrected chi connectivity index (χ0v) is 34.2. The van der Waals surface area contributed by atoms with Gasteiger partial charge in [-0.15, -0.1) is 0 Å². The molecule has 64 heavy (non-hydrogen) atoms. The third-order valence-electron chi connectivity index (χ3n) is 8.28. The Morgan fingerprint density at radius 3 is 1.20 bits per heavy atom. The lowest BCUT2D eigenvalue weighted by molar-refractivity contribution is -0.159. The molecule has 2 aliphatic rings. The van der Waals surface area contributed by atoms with E-state index in [0.29, 0.717) is 11.9 Å². The first-order valence-electron chi connectivity index (χ1n) is 19.4. The standard InChI is InChI=1S/2C17H22N4O2.3C2H2O4/c2*22-16-8-11-20-17(21-16)19-10-3-9-18-12-14-7-6-13-4-1-2-5-15(13)23-14;3*3-1(4)2(5)6/h2*1-2,4-5,8,11,14,18H,3,6-7,9-10,12H2,(H2,19,20,21,22);3*(H,3,4)(H,5,6). The summed E-state index contributed by atoms with van der Waals surface area (Å²) in [5.41, 5.74) is 2.32. The molecule has 2 aliphatic heterocycles. The second kappa shape index (κ2) is 29.4. The fourth-order valence-electron chi connectivity index (χ4n) is 5.33. The van der Waals surface area contributed by atoms with Gasteiger partial charge in [0, 0.05) is 50.7 Å². The number of nitrogens with one attached hydrogen (secondary N) is 6. The van der Waals surface area contributed by atoms with E-state index >= 15 is 0 Å². The number of hydrogen-bond donors (Lipinski definition) is 12. The van der Waals surface area contributed by atoms with Crippen LogP contribution in [0.5, 0.6) is 11.5 Å². The van der Waals surface area contributed by atoms with E-state index in [4.69, 9.17) is 68.9 Å². The maximum atomic E-state index is 11.1. The van der Waals surface area contributed by atoms with Gasteiger partial charge in [-0.25, -0.2) is 38.7 Å². The predicted octanol–water partition coefficient (Wildman–Crippen LogP) is 0.577. The largest absolute Gasteiger partial charge is 0.489 e. The Bertz CT molecular complexity index is 2020. The van der Waals surface area contributed by atoms with E-state index in [1.54, 1.807) is 0 Å². The van der Waals surface area contributed by atoms with Crippen molar-refractivity contribution >= 4 is 47.7 Å². The Hall–Kier alpha value is -7.86. The van der Waals surface area contributed by atoms with E-state index in [9.17, 15) is 9.59 Å². The number of aromatic nitrogens is 4. The smallest absolute Gasteiger partial charge is 0.414 e. The van der Waals surface area contributed by atoms with Crippen molar-refractivity contribution in [3.63, 3.8) is 0 Å². The normalized spacial score (nSPS) is 13.9. The molecule has 2 unspecified atom stereocenters. The zero-order chi connectivity index (χ0) is 47.3. The Kier molecular flexibility index (Phi) is 24.0. The zero-order valence-electron chi connectivity index (χ0n) is 34.2. The summed E-state index contributed by atoms with van der Waals surface area (Å²) in [5.74, 6) is -7.87. The molecule has 0 amide bonds. The van der Waals surface area contributed by atoms with Gasteiger partial charge in [-0.2, -0.15) is 0 Å². The number of nitrogens with zero attached hydrogens (tertiary/aromatic N) is 2.